The number of primary amides is 1. The summed E-state index contributed by atoms with van der Waals surface area (Å²) in [4.78, 5) is 26.4. The number of nitrogens with zero attached hydrogens (tertiary/aromatic N) is 1. The molecule has 136 valence electrons. The van der Waals surface area contributed by atoms with Gasteiger partial charge in [0.25, 0.3) is 11.8 Å². The van der Waals surface area contributed by atoms with E-state index in [-0.39, 0.29) is 5.91 Å². The van der Waals surface area contributed by atoms with Crippen LogP contribution in [0.5, 0.6) is 0 Å². The van der Waals surface area contributed by atoms with E-state index in [1.807, 2.05) is 24.3 Å². The van der Waals surface area contributed by atoms with Crippen molar-refractivity contribution < 1.29 is 9.59 Å². The molecule has 0 unspecified atom stereocenters. The van der Waals surface area contributed by atoms with Crippen molar-refractivity contribution >= 4 is 17.5 Å². The molecule has 0 radical (unpaired) electrons. The lowest BCUT2D eigenvalue weighted by Crippen LogP contribution is -2.24. The van der Waals surface area contributed by atoms with Gasteiger partial charge in [-0.15, -0.1) is 0 Å². The number of hydrogen-bond acceptors (Lipinski definition) is 3. The highest BCUT2D eigenvalue weighted by molar-refractivity contribution is 6.08. The Balaban J connectivity index is 1.64. The summed E-state index contributed by atoms with van der Waals surface area (Å²) in [5, 5.41) is 2.77. The summed E-state index contributed by atoms with van der Waals surface area (Å²) in [6.07, 6.45) is 5.17. The van der Waals surface area contributed by atoms with Crippen LogP contribution in [0.15, 0.2) is 48.5 Å². The molecule has 2 aromatic carbocycles. The first-order chi connectivity index (χ1) is 12.6. The zero-order valence-electron chi connectivity index (χ0n) is 14.9. The minimum absolute atomic E-state index is 0.250. The largest absolute Gasteiger partial charge is 0.366 e. The first kappa shape index (κ1) is 18.1. The van der Waals surface area contributed by atoms with Crippen molar-refractivity contribution in [3.05, 3.63) is 65.2 Å². The minimum Gasteiger partial charge on any atom is -0.366 e. The van der Waals surface area contributed by atoms with Crippen molar-refractivity contribution in [1.29, 1.82) is 0 Å². The van der Waals surface area contributed by atoms with Crippen LogP contribution in [0.2, 0.25) is 0 Å². The fraction of sp³-hybridized carbons (Fsp3) is 0.333. The summed E-state index contributed by atoms with van der Waals surface area (Å²) in [5.74, 6) is -0.811. The maximum Gasteiger partial charge on any atom is 0.255 e. The molecule has 1 heterocycles. The molecular formula is C21H25N3O2. The summed E-state index contributed by atoms with van der Waals surface area (Å²) >= 11 is 0. The first-order valence-corrected chi connectivity index (χ1v) is 9.15. The number of likely N-dealkylation sites (tertiary alicyclic amines) is 1. The highest BCUT2D eigenvalue weighted by Crippen LogP contribution is 2.17. The molecule has 1 aliphatic heterocycles. The number of amides is 2. The monoisotopic (exact) mass is 351 g/mol. The Kier molecular flexibility index (Phi) is 6.02. The van der Waals surface area contributed by atoms with Gasteiger partial charge in [0.2, 0.25) is 0 Å². The maximum absolute atomic E-state index is 12.5. The van der Waals surface area contributed by atoms with Gasteiger partial charge in [-0.1, -0.05) is 37.1 Å². The van der Waals surface area contributed by atoms with Crippen LogP contribution in [0.3, 0.4) is 0 Å². The highest BCUT2D eigenvalue weighted by atomic mass is 16.2. The molecule has 2 amide bonds. The standard InChI is InChI=1S/C21H25N3O2/c22-20(25)18-7-3-4-8-19(18)23-21(26)17-11-9-16(10-12-17)15-24-13-5-1-2-6-14-24/h3-4,7-12H,1-2,5-6,13-15H2,(H2,22,25)(H,23,26). The number of anilines is 1. The van der Waals surface area contributed by atoms with E-state index in [9.17, 15) is 9.59 Å². The molecule has 0 atom stereocenters. The Labute approximate surface area is 154 Å². The van der Waals surface area contributed by atoms with Crippen LogP contribution in [0.25, 0.3) is 0 Å². The van der Waals surface area contributed by atoms with Gasteiger partial charge in [-0.25, -0.2) is 0 Å². The van der Waals surface area contributed by atoms with Crippen LogP contribution in [-0.2, 0) is 6.54 Å². The van der Waals surface area contributed by atoms with Gasteiger partial charge in [-0.3, -0.25) is 14.5 Å². The van der Waals surface area contributed by atoms with Gasteiger partial charge in [0.15, 0.2) is 0 Å². The smallest absolute Gasteiger partial charge is 0.255 e. The molecular weight excluding hydrogens is 326 g/mol. The second-order valence-electron chi connectivity index (χ2n) is 6.75. The van der Waals surface area contributed by atoms with Crippen LogP contribution < -0.4 is 11.1 Å². The molecule has 0 bridgehead atoms. The third-order valence-corrected chi connectivity index (χ3v) is 4.76. The number of carbonyl (C=O) groups is 2. The molecule has 1 saturated heterocycles. The average molecular weight is 351 g/mol. The number of hydrogen-bond donors (Lipinski definition) is 2. The summed E-state index contributed by atoms with van der Waals surface area (Å²) < 4.78 is 0. The Hall–Kier alpha value is -2.66. The minimum atomic E-state index is -0.561. The fourth-order valence-corrected chi connectivity index (χ4v) is 3.32. The topological polar surface area (TPSA) is 75.4 Å². The van der Waals surface area contributed by atoms with Crippen molar-refractivity contribution in [3.8, 4) is 0 Å². The lowest BCUT2D eigenvalue weighted by atomic mass is 10.1. The molecule has 5 heteroatoms. The van der Waals surface area contributed by atoms with E-state index < -0.39 is 5.91 Å². The van der Waals surface area contributed by atoms with Gasteiger partial charge in [0, 0.05) is 12.1 Å². The van der Waals surface area contributed by atoms with Gasteiger partial charge in [0.1, 0.15) is 0 Å². The number of rotatable bonds is 5. The highest BCUT2D eigenvalue weighted by Gasteiger charge is 2.13. The molecule has 3 rings (SSSR count). The normalized spacial score (nSPS) is 15.2. The second kappa shape index (κ2) is 8.63. The van der Waals surface area contributed by atoms with E-state index >= 15 is 0 Å². The lowest BCUT2D eigenvalue weighted by molar-refractivity contribution is 0.100. The summed E-state index contributed by atoms with van der Waals surface area (Å²) in [5.41, 5.74) is 7.86. The first-order valence-electron chi connectivity index (χ1n) is 9.15. The van der Waals surface area contributed by atoms with Gasteiger partial charge in [0.05, 0.1) is 11.3 Å². The lowest BCUT2D eigenvalue weighted by Gasteiger charge is -2.19. The molecule has 5 nitrogen and oxygen atoms in total. The van der Waals surface area contributed by atoms with Gasteiger partial charge < -0.3 is 11.1 Å². The van der Waals surface area contributed by atoms with E-state index in [0.717, 1.165) is 19.6 Å². The van der Waals surface area contributed by atoms with E-state index in [1.54, 1.807) is 24.3 Å². The predicted molar refractivity (Wildman–Crippen MR) is 103 cm³/mol. The van der Waals surface area contributed by atoms with Gasteiger partial charge in [-0.05, 0) is 55.8 Å². The van der Waals surface area contributed by atoms with Crippen molar-refractivity contribution in [2.45, 2.75) is 32.2 Å². The Morgan fingerprint density at radius 2 is 1.58 bits per heavy atom. The number of benzene rings is 2. The molecule has 26 heavy (non-hydrogen) atoms. The number of carbonyl (C=O) groups excluding carboxylic acids is 2. The van der Waals surface area contributed by atoms with Crippen LogP contribution in [0.4, 0.5) is 5.69 Å². The van der Waals surface area contributed by atoms with E-state index in [4.69, 9.17) is 5.73 Å². The molecule has 3 N–H and O–H groups in total. The van der Waals surface area contributed by atoms with Crippen molar-refractivity contribution in [2.75, 3.05) is 18.4 Å². The predicted octanol–water partition coefficient (Wildman–Crippen LogP) is 3.41. The van der Waals surface area contributed by atoms with Crippen LogP contribution in [0.1, 0.15) is 52.0 Å². The number of para-hydroxylation sites is 1. The zero-order chi connectivity index (χ0) is 18.4. The number of nitrogens with one attached hydrogen (secondary N) is 1. The maximum atomic E-state index is 12.5. The van der Waals surface area contributed by atoms with Crippen LogP contribution >= 0.6 is 0 Å². The van der Waals surface area contributed by atoms with Crippen LogP contribution in [0, 0.1) is 0 Å². The molecule has 0 aliphatic carbocycles. The van der Waals surface area contributed by atoms with Crippen LogP contribution in [-0.4, -0.2) is 29.8 Å². The van der Waals surface area contributed by atoms with E-state index in [1.165, 1.54) is 31.2 Å². The van der Waals surface area contributed by atoms with Gasteiger partial charge in [-0.2, -0.15) is 0 Å². The Morgan fingerprint density at radius 1 is 0.923 bits per heavy atom. The van der Waals surface area contributed by atoms with E-state index in [2.05, 4.69) is 10.2 Å². The zero-order valence-corrected chi connectivity index (χ0v) is 14.9. The third-order valence-electron chi connectivity index (χ3n) is 4.76. The molecule has 2 aromatic rings. The average Bonchev–Trinajstić information content (AvgIpc) is 2.91. The molecule has 0 spiro atoms. The van der Waals surface area contributed by atoms with Crippen molar-refractivity contribution in [2.24, 2.45) is 5.73 Å². The SMILES string of the molecule is NC(=O)c1ccccc1NC(=O)c1ccc(CN2CCCCCC2)cc1. The molecule has 1 fully saturated rings. The van der Waals surface area contributed by atoms with E-state index in [0.29, 0.717) is 16.8 Å². The fourth-order valence-electron chi connectivity index (χ4n) is 3.32. The summed E-state index contributed by atoms with van der Waals surface area (Å²) in [6.45, 7) is 3.21. The molecule has 0 aromatic heterocycles. The quantitative estimate of drug-likeness (QED) is 0.867. The number of nitrogens with two attached hydrogens (primary N) is 1. The summed E-state index contributed by atoms with van der Waals surface area (Å²) in [6, 6.07) is 14.4. The Bertz CT molecular complexity index is 763. The third kappa shape index (κ3) is 4.70. The molecule has 0 saturated carbocycles. The van der Waals surface area contributed by atoms with Crippen molar-refractivity contribution in [1.82, 2.24) is 4.90 Å². The van der Waals surface area contributed by atoms with Crippen molar-refractivity contribution in [3.63, 3.8) is 0 Å². The molecule has 1 aliphatic rings. The second-order valence-corrected chi connectivity index (χ2v) is 6.75. The van der Waals surface area contributed by atoms with Gasteiger partial charge >= 0.3 is 0 Å². The summed E-state index contributed by atoms with van der Waals surface area (Å²) in [7, 11) is 0. The Morgan fingerprint density at radius 3 is 2.23 bits per heavy atom.